The predicted molar refractivity (Wildman–Crippen MR) is 77.7 cm³/mol. The quantitative estimate of drug-likeness (QED) is 0.855. The molecule has 0 radical (unpaired) electrons. The summed E-state index contributed by atoms with van der Waals surface area (Å²) in [6, 6.07) is 2.03. The molecule has 0 bridgehead atoms. The largest absolute Gasteiger partial charge is 0.472 e. The first-order chi connectivity index (χ1) is 9.74. The number of furan rings is 1. The third-order valence-corrected chi connectivity index (χ3v) is 3.97. The fourth-order valence-corrected chi connectivity index (χ4v) is 2.60. The Morgan fingerprint density at radius 2 is 1.95 bits per heavy atom. The van der Waals surface area contributed by atoms with Crippen LogP contribution in [0, 0.1) is 13.8 Å². The molecule has 3 heterocycles. The zero-order chi connectivity index (χ0) is 13.9. The molecular formula is C15H20N4O. The molecule has 2 aromatic rings. The van der Waals surface area contributed by atoms with Crippen LogP contribution in [0.5, 0.6) is 0 Å². The molecule has 0 spiro atoms. The average Bonchev–Trinajstić information content (AvgIpc) is 2.96. The summed E-state index contributed by atoms with van der Waals surface area (Å²) >= 11 is 0. The number of aromatic nitrogens is 2. The van der Waals surface area contributed by atoms with E-state index in [2.05, 4.69) is 26.7 Å². The molecule has 0 N–H and O–H groups in total. The van der Waals surface area contributed by atoms with Crippen LogP contribution >= 0.6 is 0 Å². The van der Waals surface area contributed by atoms with E-state index in [4.69, 9.17) is 4.42 Å². The Morgan fingerprint density at radius 3 is 2.65 bits per heavy atom. The third-order valence-electron chi connectivity index (χ3n) is 3.97. The molecule has 5 nitrogen and oxygen atoms in total. The van der Waals surface area contributed by atoms with Crippen LogP contribution in [0.3, 0.4) is 0 Å². The van der Waals surface area contributed by atoms with Crippen molar-refractivity contribution < 1.29 is 4.42 Å². The first-order valence-corrected chi connectivity index (χ1v) is 7.00. The Kier molecular flexibility index (Phi) is 3.69. The van der Waals surface area contributed by atoms with Crippen molar-refractivity contribution in [3.05, 3.63) is 41.7 Å². The maximum Gasteiger partial charge on any atom is 0.135 e. The van der Waals surface area contributed by atoms with Gasteiger partial charge in [-0.2, -0.15) is 0 Å². The number of hydrogen-bond donors (Lipinski definition) is 0. The molecule has 20 heavy (non-hydrogen) atoms. The summed E-state index contributed by atoms with van der Waals surface area (Å²) < 4.78 is 5.12. The van der Waals surface area contributed by atoms with E-state index in [0.717, 1.165) is 44.2 Å². The van der Waals surface area contributed by atoms with Gasteiger partial charge in [-0.15, -0.1) is 0 Å². The second-order valence-corrected chi connectivity index (χ2v) is 5.30. The van der Waals surface area contributed by atoms with Crippen LogP contribution in [0.1, 0.15) is 16.8 Å². The van der Waals surface area contributed by atoms with Crippen molar-refractivity contribution in [2.75, 3.05) is 31.1 Å². The van der Waals surface area contributed by atoms with Gasteiger partial charge in [0.15, 0.2) is 0 Å². The lowest BCUT2D eigenvalue weighted by Gasteiger charge is -2.35. The van der Waals surface area contributed by atoms with Crippen molar-refractivity contribution in [1.29, 1.82) is 0 Å². The van der Waals surface area contributed by atoms with E-state index >= 15 is 0 Å². The highest BCUT2D eigenvalue weighted by Crippen LogP contribution is 2.20. The van der Waals surface area contributed by atoms with Gasteiger partial charge < -0.3 is 9.32 Å². The standard InChI is InChI=1S/C15H20N4O/c1-12-13(2)16-11-17-15(12)19-6-4-18(5-7-19)9-14-3-8-20-10-14/h3,8,10-11H,4-7,9H2,1-2H3. The van der Waals surface area contributed by atoms with E-state index in [1.165, 1.54) is 11.1 Å². The Balaban J connectivity index is 1.62. The fourth-order valence-electron chi connectivity index (χ4n) is 2.60. The Hall–Kier alpha value is -1.88. The highest BCUT2D eigenvalue weighted by Gasteiger charge is 2.20. The summed E-state index contributed by atoms with van der Waals surface area (Å²) in [5.74, 6) is 1.08. The van der Waals surface area contributed by atoms with Crippen molar-refractivity contribution >= 4 is 5.82 Å². The topological polar surface area (TPSA) is 45.4 Å². The molecular weight excluding hydrogens is 252 g/mol. The maximum absolute atomic E-state index is 5.12. The van der Waals surface area contributed by atoms with Crippen molar-refractivity contribution in [2.45, 2.75) is 20.4 Å². The minimum Gasteiger partial charge on any atom is -0.472 e. The van der Waals surface area contributed by atoms with Gasteiger partial charge >= 0.3 is 0 Å². The Bertz CT molecular complexity index is 559. The molecule has 1 saturated heterocycles. The lowest BCUT2D eigenvalue weighted by Crippen LogP contribution is -2.46. The molecule has 3 rings (SSSR count). The predicted octanol–water partition coefficient (Wildman–Crippen LogP) is 2.01. The number of anilines is 1. The van der Waals surface area contributed by atoms with Crippen LogP contribution in [0.4, 0.5) is 5.82 Å². The normalized spacial score (nSPS) is 16.6. The minimum atomic E-state index is 0.964. The van der Waals surface area contributed by atoms with E-state index in [1.54, 1.807) is 12.6 Å². The van der Waals surface area contributed by atoms with E-state index in [0.29, 0.717) is 0 Å². The van der Waals surface area contributed by atoms with Crippen molar-refractivity contribution in [1.82, 2.24) is 14.9 Å². The molecule has 0 saturated carbocycles. The summed E-state index contributed by atoms with van der Waals surface area (Å²) in [6.45, 7) is 9.22. The van der Waals surface area contributed by atoms with Crippen LogP contribution in [0.25, 0.3) is 0 Å². The van der Waals surface area contributed by atoms with Gasteiger partial charge in [0.25, 0.3) is 0 Å². The summed E-state index contributed by atoms with van der Waals surface area (Å²) in [4.78, 5) is 13.5. The fraction of sp³-hybridized carbons (Fsp3) is 0.467. The third kappa shape index (κ3) is 2.67. The van der Waals surface area contributed by atoms with Gasteiger partial charge in [0.05, 0.1) is 12.5 Å². The van der Waals surface area contributed by atoms with Gasteiger partial charge in [0.2, 0.25) is 0 Å². The zero-order valence-corrected chi connectivity index (χ0v) is 12.0. The van der Waals surface area contributed by atoms with Crippen molar-refractivity contribution in [2.24, 2.45) is 0 Å². The van der Waals surface area contributed by atoms with Gasteiger partial charge in [-0.3, -0.25) is 4.90 Å². The highest BCUT2D eigenvalue weighted by molar-refractivity contribution is 5.47. The molecule has 0 aromatic carbocycles. The number of hydrogen-bond acceptors (Lipinski definition) is 5. The average molecular weight is 272 g/mol. The molecule has 2 aromatic heterocycles. The summed E-state index contributed by atoms with van der Waals surface area (Å²) in [5.41, 5.74) is 3.50. The first kappa shape index (κ1) is 13.1. The molecule has 0 aliphatic carbocycles. The van der Waals surface area contributed by atoms with Crippen LogP contribution in [-0.2, 0) is 6.54 Å². The summed E-state index contributed by atoms with van der Waals surface area (Å²) in [7, 11) is 0. The molecule has 0 atom stereocenters. The van der Waals surface area contributed by atoms with Crippen molar-refractivity contribution in [3.8, 4) is 0 Å². The lowest BCUT2D eigenvalue weighted by atomic mass is 10.2. The van der Waals surface area contributed by atoms with E-state index in [1.807, 2.05) is 19.3 Å². The van der Waals surface area contributed by atoms with Gasteiger partial charge in [-0.1, -0.05) is 0 Å². The molecule has 5 heteroatoms. The Labute approximate surface area is 119 Å². The van der Waals surface area contributed by atoms with E-state index < -0.39 is 0 Å². The SMILES string of the molecule is Cc1ncnc(N2CCN(Cc3ccoc3)CC2)c1C. The van der Waals surface area contributed by atoms with Gasteiger partial charge in [-0.05, 0) is 19.9 Å². The monoisotopic (exact) mass is 272 g/mol. The summed E-state index contributed by atoms with van der Waals surface area (Å²) in [5, 5.41) is 0. The lowest BCUT2D eigenvalue weighted by molar-refractivity contribution is 0.248. The molecule has 0 unspecified atom stereocenters. The first-order valence-electron chi connectivity index (χ1n) is 7.00. The van der Waals surface area contributed by atoms with Crippen LogP contribution < -0.4 is 4.90 Å². The van der Waals surface area contributed by atoms with Gasteiger partial charge in [-0.25, -0.2) is 9.97 Å². The molecule has 1 aliphatic heterocycles. The Morgan fingerprint density at radius 1 is 1.15 bits per heavy atom. The molecule has 1 aliphatic rings. The second-order valence-electron chi connectivity index (χ2n) is 5.30. The van der Waals surface area contributed by atoms with Crippen LogP contribution in [0.15, 0.2) is 29.3 Å². The van der Waals surface area contributed by atoms with Gasteiger partial charge in [0, 0.05) is 49.5 Å². The van der Waals surface area contributed by atoms with Crippen LogP contribution in [-0.4, -0.2) is 41.0 Å². The van der Waals surface area contributed by atoms with Crippen molar-refractivity contribution in [3.63, 3.8) is 0 Å². The van der Waals surface area contributed by atoms with E-state index in [-0.39, 0.29) is 0 Å². The van der Waals surface area contributed by atoms with Crippen LogP contribution in [0.2, 0.25) is 0 Å². The van der Waals surface area contributed by atoms with E-state index in [9.17, 15) is 0 Å². The number of rotatable bonds is 3. The van der Waals surface area contributed by atoms with Gasteiger partial charge in [0.1, 0.15) is 12.1 Å². The minimum absolute atomic E-state index is 0.964. The number of piperazine rings is 1. The maximum atomic E-state index is 5.12. The molecule has 1 fully saturated rings. The number of aryl methyl sites for hydroxylation is 1. The smallest absolute Gasteiger partial charge is 0.135 e. The highest BCUT2D eigenvalue weighted by atomic mass is 16.3. The summed E-state index contributed by atoms with van der Waals surface area (Å²) in [6.07, 6.45) is 5.22. The second kappa shape index (κ2) is 5.63. The molecule has 0 amide bonds. The number of nitrogens with zero attached hydrogens (tertiary/aromatic N) is 4. The molecule has 106 valence electrons. The zero-order valence-electron chi connectivity index (χ0n) is 12.0.